The molecule has 1 aromatic rings. The van der Waals surface area contributed by atoms with E-state index in [0.717, 1.165) is 6.07 Å². The van der Waals surface area contributed by atoms with Gasteiger partial charge < -0.3 is 5.11 Å². The fraction of sp³-hybridized carbons (Fsp3) is 0.538. The van der Waals surface area contributed by atoms with E-state index in [1.165, 1.54) is 16.4 Å². The van der Waals surface area contributed by atoms with Crippen molar-refractivity contribution in [3.8, 4) is 0 Å². The highest BCUT2D eigenvalue weighted by Gasteiger charge is 2.36. The predicted octanol–water partition coefficient (Wildman–Crippen LogP) is 1.59. The van der Waals surface area contributed by atoms with E-state index in [1.807, 2.05) is 13.8 Å². The van der Waals surface area contributed by atoms with Crippen molar-refractivity contribution in [1.29, 1.82) is 0 Å². The second-order valence-electron chi connectivity index (χ2n) is 5.20. The Kier molecular flexibility index (Phi) is 3.94. The molecule has 19 heavy (non-hydrogen) atoms. The molecule has 2 unspecified atom stereocenters. The van der Waals surface area contributed by atoms with Gasteiger partial charge in [0.1, 0.15) is 10.7 Å². The van der Waals surface area contributed by atoms with Crippen molar-refractivity contribution in [3.05, 3.63) is 29.6 Å². The van der Waals surface area contributed by atoms with E-state index < -0.39 is 15.8 Å². The molecule has 0 bridgehead atoms. The van der Waals surface area contributed by atoms with Crippen LogP contribution in [0, 0.1) is 17.7 Å². The van der Waals surface area contributed by atoms with Gasteiger partial charge >= 0.3 is 0 Å². The van der Waals surface area contributed by atoms with Crippen LogP contribution in [0.1, 0.15) is 19.4 Å². The van der Waals surface area contributed by atoms with Crippen molar-refractivity contribution in [2.45, 2.75) is 25.3 Å². The summed E-state index contributed by atoms with van der Waals surface area (Å²) in [6.07, 6.45) is 0. The van der Waals surface area contributed by atoms with Gasteiger partial charge in [-0.25, -0.2) is 12.8 Å². The molecule has 1 N–H and O–H groups in total. The van der Waals surface area contributed by atoms with Crippen LogP contribution in [0.4, 0.5) is 4.39 Å². The van der Waals surface area contributed by atoms with Crippen LogP contribution in [0.3, 0.4) is 0 Å². The van der Waals surface area contributed by atoms with E-state index in [-0.39, 0.29) is 23.3 Å². The number of aliphatic hydroxyl groups excluding tert-OH is 1. The van der Waals surface area contributed by atoms with Crippen LogP contribution < -0.4 is 0 Å². The lowest BCUT2D eigenvalue weighted by Gasteiger charge is -2.16. The molecule has 1 fully saturated rings. The van der Waals surface area contributed by atoms with Crippen LogP contribution in [0.25, 0.3) is 0 Å². The van der Waals surface area contributed by atoms with E-state index in [2.05, 4.69) is 0 Å². The Morgan fingerprint density at radius 2 is 1.89 bits per heavy atom. The standard InChI is InChI=1S/C13H18FNO3S/c1-9-6-15(7-10(9)2)19(17,18)13-4-3-11(8-16)5-12(13)14/h3-5,9-10,16H,6-8H2,1-2H3. The average molecular weight is 287 g/mol. The Morgan fingerprint density at radius 3 is 2.37 bits per heavy atom. The van der Waals surface area contributed by atoms with Crippen LogP contribution in [0.2, 0.25) is 0 Å². The van der Waals surface area contributed by atoms with Crippen molar-refractivity contribution in [1.82, 2.24) is 4.31 Å². The molecule has 0 aromatic heterocycles. The van der Waals surface area contributed by atoms with Crippen molar-refractivity contribution in [3.63, 3.8) is 0 Å². The van der Waals surface area contributed by atoms with E-state index in [0.29, 0.717) is 18.7 Å². The minimum absolute atomic E-state index is 0.273. The average Bonchev–Trinajstić information content (AvgIpc) is 2.70. The second-order valence-corrected chi connectivity index (χ2v) is 7.11. The van der Waals surface area contributed by atoms with Gasteiger partial charge in [-0.15, -0.1) is 0 Å². The molecule has 1 saturated heterocycles. The number of nitrogens with zero attached hydrogens (tertiary/aromatic N) is 1. The molecule has 106 valence electrons. The quantitative estimate of drug-likeness (QED) is 0.918. The molecule has 1 heterocycles. The zero-order valence-electron chi connectivity index (χ0n) is 11.0. The molecule has 0 amide bonds. The lowest BCUT2D eigenvalue weighted by Crippen LogP contribution is -2.29. The Labute approximate surface area is 112 Å². The van der Waals surface area contributed by atoms with Crippen molar-refractivity contribution in [2.24, 2.45) is 11.8 Å². The number of halogens is 1. The molecular formula is C13H18FNO3S. The number of rotatable bonds is 3. The van der Waals surface area contributed by atoms with Crippen LogP contribution in [0.5, 0.6) is 0 Å². The molecule has 1 aliphatic rings. The topological polar surface area (TPSA) is 57.6 Å². The lowest BCUT2D eigenvalue weighted by molar-refractivity contribution is 0.281. The highest BCUT2D eigenvalue weighted by atomic mass is 32.2. The van der Waals surface area contributed by atoms with Gasteiger partial charge in [-0.3, -0.25) is 0 Å². The second kappa shape index (κ2) is 5.19. The molecule has 2 rings (SSSR count). The summed E-state index contributed by atoms with van der Waals surface area (Å²) in [5.41, 5.74) is 0.361. The molecule has 0 saturated carbocycles. The normalized spacial score (nSPS) is 24.8. The Balaban J connectivity index is 2.35. The zero-order valence-corrected chi connectivity index (χ0v) is 11.8. The summed E-state index contributed by atoms with van der Waals surface area (Å²) in [5, 5.41) is 8.91. The first kappa shape index (κ1) is 14.4. The summed E-state index contributed by atoms with van der Waals surface area (Å²) >= 11 is 0. The van der Waals surface area contributed by atoms with Gasteiger partial charge in [0.2, 0.25) is 10.0 Å². The van der Waals surface area contributed by atoms with E-state index in [1.54, 1.807) is 0 Å². The predicted molar refractivity (Wildman–Crippen MR) is 69.4 cm³/mol. The first-order valence-corrected chi connectivity index (χ1v) is 7.69. The SMILES string of the molecule is CC1CN(S(=O)(=O)c2ccc(CO)cc2F)CC1C. The first-order valence-electron chi connectivity index (χ1n) is 6.25. The fourth-order valence-corrected chi connectivity index (χ4v) is 3.95. The molecule has 4 nitrogen and oxygen atoms in total. The van der Waals surface area contributed by atoms with Crippen molar-refractivity contribution in [2.75, 3.05) is 13.1 Å². The molecule has 0 aliphatic carbocycles. The van der Waals surface area contributed by atoms with Gasteiger partial charge in [-0.2, -0.15) is 4.31 Å². The molecular weight excluding hydrogens is 269 g/mol. The minimum atomic E-state index is -3.78. The van der Waals surface area contributed by atoms with Crippen molar-refractivity contribution >= 4 is 10.0 Å². The van der Waals surface area contributed by atoms with Crippen LogP contribution in [-0.4, -0.2) is 30.9 Å². The highest BCUT2D eigenvalue weighted by molar-refractivity contribution is 7.89. The summed E-state index contributed by atoms with van der Waals surface area (Å²) in [6.45, 7) is 4.52. The van der Waals surface area contributed by atoms with E-state index >= 15 is 0 Å². The van der Waals surface area contributed by atoms with Gasteiger partial charge in [-0.1, -0.05) is 19.9 Å². The number of aliphatic hydroxyl groups is 1. The number of hydrogen-bond acceptors (Lipinski definition) is 3. The largest absolute Gasteiger partial charge is 0.392 e. The summed E-state index contributed by atoms with van der Waals surface area (Å²) in [7, 11) is -3.78. The first-order chi connectivity index (χ1) is 8.86. The highest BCUT2D eigenvalue weighted by Crippen LogP contribution is 2.29. The summed E-state index contributed by atoms with van der Waals surface area (Å²) in [5.74, 6) is -0.261. The van der Waals surface area contributed by atoms with Gasteiger partial charge in [0.15, 0.2) is 0 Å². The Hall–Kier alpha value is -0.980. The third-order valence-electron chi connectivity index (χ3n) is 3.75. The summed E-state index contributed by atoms with van der Waals surface area (Å²) in [6, 6.07) is 3.72. The molecule has 0 radical (unpaired) electrons. The molecule has 2 atom stereocenters. The minimum Gasteiger partial charge on any atom is -0.392 e. The number of benzene rings is 1. The van der Waals surface area contributed by atoms with E-state index in [4.69, 9.17) is 5.11 Å². The monoisotopic (exact) mass is 287 g/mol. The van der Waals surface area contributed by atoms with E-state index in [9.17, 15) is 12.8 Å². The molecule has 1 aliphatic heterocycles. The fourth-order valence-electron chi connectivity index (χ4n) is 2.26. The Bertz CT molecular complexity index is 563. The maximum absolute atomic E-state index is 13.9. The number of hydrogen-bond donors (Lipinski definition) is 1. The zero-order chi connectivity index (χ0) is 14.2. The van der Waals surface area contributed by atoms with Gasteiger partial charge in [0.05, 0.1) is 6.61 Å². The van der Waals surface area contributed by atoms with Crippen LogP contribution in [0.15, 0.2) is 23.1 Å². The molecule has 6 heteroatoms. The summed E-state index contributed by atoms with van der Waals surface area (Å²) in [4.78, 5) is -0.314. The maximum Gasteiger partial charge on any atom is 0.246 e. The maximum atomic E-state index is 13.9. The smallest absolute Gasteiger partial charge is 0.246 e. The van der Waals surface area contributed by atoms with Gasteiger partial charge in [0, 0.05) is 13.1 Å². The lowest BCUT2D eigenvalue weighted by atomic mass is 10.0. The number of sulfonamides is 1. The van der Waals surface area contributed by atoms with Crippen molar-refractivity contribution < 1.29 is 17.9 Å². The Morgan fingerprint density at radius 1 is 1.32 bits per heavy atom. The third kappa shape index (κ3) is 2.66. The third-order valence-corrected chi connectivity index (χ3v) is 5.62. The van der Waals surface area contributed by atoms with Crippen LogP contribution >= 0.6 is 0 Å². The molecule has 0 spiro atoms. The van der Waals surface area contributed by atoms with Crippen LogP contribution in [-0.2, 0) is 16.6 Å². The van der Waals surface area contributed by atoms with Gasteiger partial charge in [-0.05, 0) is 29.5 Å². The molecule has 1 aromatic carbocycles. The summed E-state index contributed by atoms with van der Waals surface area (Å²) < 4.78 is 39.9. The van der Waals surface area contributed by atoms with Gasteiger partial charge in [0.25, 0.3) is 0 Å².